The first-order valence-corrected chi connectivity index (χ1v) is 7.96. The number of piperidine rings is 1. The summed E-state index contributed by atoms with van der Waals surface area (Å²) in [5.41, 5.74) is 1.13. The van der Waals surface area contributed by atoms with Crippen LogP contribution in [0, 0.1) is 0 Å². The molecule has 0 radical (unpaired) electrons. The second-order valence-electron chi connectivity index (χ2n) is 6.01. The molecular formula is C17H28N2O2. The van der Waals surface area contributed by atoms with Crippen molar-refractivity contribution in [2.75, 3.05) is 26.7 Å². The van der Waals surface area contributed by atoms with Crippen LogP contribution in [0.25, 0.3) is 0 Å². The van der Waals surface area contributed by atoms with E-state index in [1.807, 2.05) is 12.1 Å². The zero-order chi connectivity index (χ0) is 15.2. The molecule has 1 aliphatic heterocycles. The minimum Gasteiger partial charge on any atom is -0.504 e. The highest BCUT2D eigenvalue weighted by atomic mass is 16.5. The average molecular weight is 292 g/mol. The Balaban J connectivity index is 1.87. The zero-order valence-electron chi connectivity index (χ0n) is 13.4. The van der Waals surface area contributed by atoms with Crippen molar-refractivity contribution in [3.63, 3.8) is 0 Å². The fraction of sp³-hybridized carbons (Fsp3) is 0.647. The van der Waals surface area contributed by atoms with Crippen molar-refractivity contribution >= 4 is 0 Å². The number of methoxy groups -OCH3 is 1. The molecule has 1 aromatic carbocycles. The number of nitrogens with one attached hydrogen (secondary N) is 1. The molecule has 1 heterocycles. The minimum atomic E-state index is 0.190. The molecule has 21 heavy (non-hydrogen) atoms. The van der Waals surface area contributed by atoms with Gasteiger partial charge in [-0.2, -0.15) is 0 Å². The van der Waals surface area contributed by atoms with Gasteiger partial charge in [-0.15, -0.1) is 0 Å². The molecule has 1 aromatic rings. The predicted molar refractivity (Wildman–Crippen MR) is 86.0 cm³/mol. The summed E-state index contributed by atoms with van der Waals surface area (Å²) in [6.07, 6.45) is 4.03. The average Bonchev–Trinajstić information content (AvgIpc) is 2.53. The smallest absolute Gasteiger partial charge is 0.160 e. The van der Waals surface area contributed by atoms with Crippen molar-refractivity contribution in [1.82, 2.24) is 10.2 Å². The summed E-state index contributed by atoms with van der Waals surface area (Å²) >= 11 is 0. The Morgan fingerprint density at radius 2 is 1.95 bits per heavy atom. The van der Waals surface area contributed by atoms with Crippen molar-refractivity contribution < 1.29 is 9.84 Å². The van der Waals surface area contributed by atoms with Gasteiger partial charge in [0.1, 0.15) is 0 Å². The van der Waals surface area contributed by atoms with Crippen molar-refractivity contribution in [1.29, 1.82) is 0 Å². The number of rotatable bonds is 6. The van der Waals surface area contributed by atoms with E-state index >= 15 is 0 Å². The maximum Gasteiger partial charge on any atom is 0.160 e. The summed E-state index contributed by atoms with van der Waals surface area (Å²) in [7, 11) is 1.58. The number of aromatic hydroxyl groups is 1. The maximum atomic E-state index is 9.65. The van der Waals surface area contributed by atoms with Gasteiger partial charge in [0.25, 0.3) is 0 Å². The van der Waals surface area contributed by atoms with Crippen LogP contribution in [-0.2, 0) is 0 Å². The summed E-state index contributed by atoms with van der Waals surface area (Å²) in [6.45, 7) is 7.87. The number of benzene rings is 1. The summed E-state index contributed by atoms with van der Waals surface area (Å²) in [5.74, 6) is 0.723. The second kappa shape index (κ2) is 7.66. The molecule has 4 nitrogen and oxygen atoms in total. The lowest BCUT2D eigenvalue weighted by Gasteiger charge is -2.33. The molecule has 2 atom stereocenters. The van der Waals surface area contributed by atoms with Gasteiger partial charge in [-0.05, 0) is 57.5 Å². The van der Waals surface area contributed by atoms with Gasteiger partial charge in [0.15, 0.2) is 11.5 Å². The molecule has 0 aromatic heterocycles. The number of phenolic OH excluding ortho intramolecular Hbond substituents is 1. The van der Waals surface area contributed by atoms with E-state index in [0.29, 0.717) is 11.8 Å². The SMILES string of the molecule is COc1cc(C(C)NCC(C)N2CCCCC2)ccc1O. The van der Waals surface area contributed by atoms with E-state index in [4.69, 9.17) is 4.74 Å². The highest BCUT2D eigenvalue weighted by Gasteiger charge is 2.17. The van der Waals surface area contributed by atoms with Gasteiger partial charge >= 0.3 is 0 Å². The zero-order valence-corrected chi connectivity index (χ0v) is 13.4. The Morgan fingerprint density at radius 1 is 1.24 bits per heavy atom. The number of hydrogen-bond donors (Lipinski definition) is 2. The molecule has 118 valence electrons. The van der Waals surface area contributed by atoms with Gasteiger partial charge in [-0.1, -0.05) is 12.5 Å². The molecule has 0 aliphatic carbocycles. The molecule has 1 aliphatic rings. The van der Waals surface area contributed by atoms with Crippen LogP contribution in [0.15, 0.2) is 18.2 Å². The number of nitrogens with zero attached hydrogens (tertiary/aromatic N) is 1. The first-order chi connectivity index (χ1) is 10.1. The number of ether oxygens (including phenoxy) is 1. The second-order valence-corrected chi connectivity index (χ2v) is 6.01. The summed E-state index contributed by atoms with van der Waals surface area (Å²) in [6, 6.07) is 6.35. The van der Waals surface area contributed by atoms with Gasteiger partial charge < -0.3 is 15.2 Å². The fourth-order valence-corrected chi connectivity index (χ4v) is 2.92. The Kier molecular flexibility index (Phi) is 5.88. The van der Waals surface area contributed by atoms with Crippen molar-refractivity contribution in [2.24, 2.45) is 0 Å². The molecule has 0 saturated carbocycles. The maximum absolute atomic E-state index is 9.65. The number of likely N-dealkylation sites (tertiary alicyclic amines) is 1. The highest BCUT2D eigenvalue weighted by Crippen LogP contribution is 2.28. The third-order valence-electron chi connectivity index (χ3n) is 4.44. The van der Waals surface area contributed by atoms with Crippen LogP contribution in [0.4, 0.5) is 0 Å². The van der Waals surface area contributed by atoms with Crippen molar-refractivity contribution in [2.45, 2.75) is 45.2 Å². The third kappa shape index (κ3) is 4.35. The van der Waals surface area contributed by atoms with E-state index < -0.39 is 0 Å². The highest BCUT2D eigenvalue weighted by molar-refractivity contribution is 5.42. The van der Waals surface area contributed by atoms with Crippen LogP contribution in [0.2, 0.25) is 0 Å². The van der Waals surface area contributed by atoms with E-state index in [1.54, 1.807) is 13.2 Å². The fourth-order valence-electron chi connectivity index (χ4n) is 2.92. The van der Waals surface area contributed by atoms with E-state index in [9.17, 15) is 5.11 Å². The summed E-state index contributed by atoms with van der Waals surface area (Å²) in [5, 5.41) is 13.2. The van der Waals surface area contributed by atoms with Gasteiger partial charge in [0.05, 0.1) is 7.11 Å². The molecule has 4 heteroatoms. The lowest BCUT2D eigenvalue weighted by molar-refractivity contribution is 0.168. The largest absolute Gasteiger partial charge is 0.504 e. The number of hydrogen-bond acceptors (Lipinski definition) is 4. The predicted octanol–water partition coefficient (Wildman–Crippen LogP) is 2.93. The van der Waals surface area contributed by atoms with Gasteiger partial charge in [0.2, 0.25) is 0 Å². The van der Waals surface area contributed by atoms with E-state index in [0.717, 1.165) is 12.1 Å². The molecule has 2 N–H and O–H groups in total. The van der Waals surface area contributed by atoms with E-state index in [-0.39, 0.29) is 11.8 Å². The molecule has 1 fully saturated rings. The molecule has 2 rings (SSSR count). The lowest BCUT2D eigenvalue weighted by atomic mass is 10.1. The van der Waals surface area contributed by atoms with E-state index in [2.05, 4.69) is 24.1 Å². The molecule has 0 bridgehead atoms. The van der Waals surface area contributed by atoms with E-state index in [1.165, 1.54) is 32.4 Å². The summed E-state index contributed by atoms with van der Waals surface area (Å²) < 4.78 is 5.17. The monoisotopic (exact) mass is 292 g/mol. The molecule has 0 spiro atoms. The van der Waals surface area contributed by atoms with Crippen LogP contribution < -0.4 is 10.1 Å². The normalized spacial score (nSPS) is 19.2. The van der Waals surface area contributed by atoms with Crippen LogP contribution in [0.3, 0.4) is 0 Å². The molecule has 2 unspecified atom stereocenters. The Morgan fingerprint density at radius 3 is 2.62 bits per heavy atom. The lowest BCUT2D eigenvalue weighted by Crippen LogP contribution is -2.43. The van der Waals surface area contributed by atoms with Crippen LogP contribution in [0.1, 0.15) is 44.7 Å². The summed E-state index contributed by atoms with van der Waals surface area (Å²) in [4.78, 5) is 2.57. The Labute approximate surface area is 128 Å². The molecular weight excluding hydrogens is 264 g/mol. The minimum absolute atomic E-state index is 0.190. The first-order valence-electron chi connectivity index (χ1n) is 7.96. The van der Waals surface area contributed by atoms with Crippen LogP contribution in [-0.4, -0.2) is 42.8 Å². The van der Waals surface area contributed by atoms with Gasteiger partial charge in [-0.3, -0.25) is 4.90 Å². The Hall–Kier alpha value is -1.26. The quantitative estimate of drug-likeness (QED) is 0.846. The molecule has 0 amide bonds. The van der Waals surface area contributed by atoms with Crippen molar-refractivity contribution in [3.8, 4) is 11.5 Å². The van der Waals surface area contributed by atoms with Gasteiger partial charge in [-0.25, -0.2) is 0 Å². The van der Waals surface area contributed by atoms with Crippen LogP contribution in [0.5, 0.6) is 11.5 Å². The third-order valence-corrected chi connectivity index (χ3v) is 4.44. The first kappa shape index (κ1) is 16.1. The number of phenols is 1. The van der Waals surface area contributed by atoms with Gasteiger partial charge in [0, 0.05) is 18.6 Å². The topological polar surface area (TPSA) is 44.7 Å². The standard InChI is InChI=1S/C17H28N2O2/c1-13(19-9-5-4-6-10-19)12-18-14(2)15-7-8-16(20)17(11-15)21-3/h7-8,11,13-14,18,20H,4-6,9-10,12H2,1-3H3. The Bertz CT molecular complexity index is 444. The van der Waals surface area contributed by atoms with Crippen molar-refractivity contribution in [3.05, 3.63) is 23.8 Å². The molecule has 1 saturated heterocycles. The van der Waals surface area contributed by atoms with Crippen LogP contribution >= 0.6 is 0 Å².